The van der Waals surface area contributed by atoms with Crippen LogP contribution in [-0.2, 0) is 4.79 Å². The summed E-state index contributed by atoms with van der Waals surface area (Å²) in [6.45, 7) is 6.13. The van der Waals surface area contributed by atoms with E-state index in [1.807, 2.05) is 26.8 Å². The van der Waals surface area contributed by atoms with Crippen LogP contribution in [0.3, 0.4) is 0 Å². The zero-order valence-electron chi connectivity index (χ0n) is 10.9. The van der Waals surface area contributed by atoms with E-state index in [-0.39, 0.29) is 22.6 Å². The highest BCUT2D eigenvalue weighted by Gasteiger charge is 2.14. The van der Waals surface area contributed by atoms with E-state index in [1.54, 1.807) is 0 Å². The van der Waals surface area contributed by atoms with Gasteiger partial charge in [-0.25, -0.2) is 4.39 Å². The SMILES string of the molecule is CC(C)(C)CCC(=O)Nc1ccc(C#N)cc1F. The maximum Gasteiger partial charge on any atom is 0.224 e. The Morgan fingerprint density at radius 2 is 2.11 bits per heavy atom. The molecule has 0 aliphatic carbocycles. The summed E-state index contributed by atoms with van der Waals surface area (Å²) in [6, 6.07) is 5.83. The van der Waals surface area contributed by atoms with Gasteiger partial charge in [0, 0.05) is 6.42 Å². The van der Waals surface area contributed by atoms with Gasteiger partial charge in [-0.1, -0.05) is 20.8 Å². The monoisotopic (exact) mass is 248 g/mol. The van der Waals surface area contributed by atoms with Crippen LogP contribution in [0, 0.1) is 22.6 Å². The van der Waals surface area contributed by atoms with Crippen molar-refractivity contribution in [1.29, 1.82) is 5.26 Å². The normalized spacial score (nSPS) is 10.8. The molecule has 0 heterocycles. The first-order valence-electron chi connectivity index (χ1n) is 5.81. The number of hydrogen-bond donors (Lipinski definition) is 1. The second kappa shape index (κ2) is 5.63. The summed E-state index contributed by atoms with van der Waals surface area (Å²) >= 11 is 0. The van der Waals surface area contributed by atoms with E-state index in [0.717, 1.165) is 12.5 Å². The third kappa shape index (κ3) is 4.54. The van der Waals surface area contributed by atoms with E-state index in [1.165, 1.54) is 12.1 Å². The number of nitriles is 1. The van der Waals surface area contributed by atoms with Crippen LogP contribution < -0.4 is 5.32 Å². The number of halogens is 1. The van der Waals surface area contributed by atoms with Crippen molar-refractivity contribution in [3.8, 4) is 6.07 Å². The minimum atomic E-state index is -0.585. The standard InChI is InChI=1S/C14H17FN2O/c1-14(2,3)7-6-13(18)17-12-5-4-10(9-16)8-11(12)15/h4-5,8H,6-7H2,1-3H3,(H,17,18). The van der Waals surface area contributed by atoms with E-state index in [2.05, 4.69) is 5.32 Å². The molecule has 1 amide bonds. The van der Waals surface area contributed by atoms with Crippen LogP contribution in [0.5, 0.6) is 0 Å². The molecular weight excluding hydrogens is 231 g/mol. The number of anilines is 1. The van der Waals surface area contributed by atoms with Crippen LogP contribution in [-0.4, -0.2) is 5.91 Å². The van der Waals surface area contributed by atoms with Gasteiger partial charge < -0.3 is 5.32 Å². The molecule has 0 bridgehead atoms. The molecule has 96 valence electrons. The van der Waals surface area contributed by atoms with Gasteiger partial charge >= 0.3 is 0 Å². The number of carbonyl (C=O) groups excluding carboxylic acids is 1. The second-order valence-electron chi connectivity index (χ2n) is 5.42. The second-order valence-corrected chi connectivity index (χ2v) is 5.42. The van der Waals surface area contributed by atoms with E-state index < -0.39 is 5.82 Å². The maximum atomic E-state index is 13.5. The Morgan fingerprint density at radius 3 is 2.61 bits per heavy atom. The van der Waals surface area contributed by atoms with Crippen LogP contribution in [0.1, 0.15) is 39.2 Å². The molecule has 1 rings (SSSR count). The highest BCUT2D eigenvalue weighted by Crippen LogP contribution is 2.21. The molecule has 0 fully saturated rings. The van der Waals surface area contributed by atoms with Crippen LogP contribution >= 0.6 is 0 Å². The molecule has 0 aliphatic heterocycles. The molecule has 1 N–H and O–H groups in total. The van der Waals surface area contributed by atoms with E-state index >= 15 is 0 Å². The molecule has 0 aromatic heterocycles. The largest absolute Gasteiger partial charge is 0.324 e. The molecule has 0 unspecified atom stereocenters. The number of rotatable bonds is 3. The average Bonchev–Trinajstić information content (AvgIpc) is 2.28. The fourth-order valence-electron chi connectivity index (χ4n) is 1.39. The summed E-state index contributed by atoms with van der Waals surface area (Å²) in [5, 5.41) is 11.1. The van der Waals surface area contributed by atoms with Crippen LogP contribution in [0.25, 0.3) is 0 Å². The van der Waals surface area contributed by atoms with Crippen molar-refractivity contribution < 1.29 is 9.18 Å². The predicted molar refractivity (Wildman–Crippen MR) is 68.4 cm³/mol. The molecule has 0 radical (unpaired) electrons. The summed E-state index contributed by atoms with van der Waals surface area (Å²) in [6.07, 6.45) is 1.08. The van der Waals surface area contributed by atoms with Gasteiger partial charge in [-0.05, 0) is 30.0 Å². The summed E-state index contributed by atoms with van der Waals surface area (Å²) in [4.78, 5) is 11.6. The summed E-state index contributed by atoms with van der Waals surface area (Å²) in [7, 11) is 0. The number of nitrogens with one attached hydrogen (secondary N) is 1. The van der Waals surface area contributed by atoms with Crippen LogP contribution in [0.15, 0.2) is 18.2 Å². The van der Waals surface area contributed by atoms with Crippen molar-refractivity contribution in [2.75, 3.05) is 5.32 Å². The third-order valence-corrected chi connectivity index (χ3v) is 2.47. The highest BCUT2D eigenvalue weighted by molar-refractivity contribution is 5.90. The van der Waals surface area contributed by atoms with Crippen molar-refractivity contribution in [2.45, 2.75) is 33.6 Å². The van der Waals surface area contributed by atoms with E-state index in [0.29, 0.717) is 6.42 Å². The van der Waals surface area contributed by atoms with Gasteiger partial charge in [0.1, 0.15) is 5.82 Å². The molecule has 0 aliphatic rings. The average molecular weight is 248 g/mol. The molecule has 18 heavy (non-hydrogen) atoms. The first kappa shape index (κ1) is 14.2. The molecule has 1 aromatic rings. The molecule has 0 saturated carbocycles. The smallest absolute Gasteiger partial charge is 0.224 e. The highest BCUT2D eigenvalue weighted by atomic mass is 19.1. The van der Waals surface area contributed by atoms with Crippen molar-refractivity contribution in [1.82, 2.24) is 0 Å². The van der Waals surface area contributed by atoms with Crippen molar-refractivity contribution in [3.05, 3.63) is 29.6 Å². The van der Waals surface area contributed by atoms with Gasteiger partial charge in [-0.15, -0.1) is 0 Å². The first-order chi connectivity index (χ1) is 8.31. The minimum absolute atomic E-state index is 0.0700. The van der Waals surface area contributed by atoms with Gasteiger partial charge in [0.15, 0.2) is 0 Å². The maximum absolute atomic E-state index is 13.5. The number of carbonyl (C=O) groups is 1. The Labute approximate surface area is 107 Å². The summed E-state index contributed by atoms with van der Waals surface area (Å²) in [5.41, 5.74) is 0.425. The fourth-order valence-corrected chi connectivity index (χ4v) is 1.39. The lowest BCUT2D eigenvalue weighted by molar-refractivity contribution is -0.116. The first-order valence-corrected chi connectivity index (χ1v) is 5.81. The molecule has 3 nitrogen and oxygen atoms in total. The van der Waals surface area contributed by atoms with E-state index in [4.69, 9.17) is 5.26 Å². The molecule has 4 heteroatoms. The van der Waals surface area contributed by atoms with Gasteiger partial charge in [0.2, 0.25) is 5.91 Å². The minimum Gasteiger partial charge on any atom is -0.324 e. The Balaban J connectivity index is 2.63. The number of hydrogen-bond acceptors (Lipinski definition) is 2. The summed E-state index contributed by atoms with van der Waals surface area (Å²) < 4.78 is 13.5. The number of nitrogens with zero attached hydrogens (tertiary/aromatic N) is 1. The molecular formula is C14H17FN2O. The molecule has 0 spiro atoms. The van der Waals surface area contributed by atoms with Crippen LogP contribution in [0.4, 0.5) is 10.1 Å². The Hall–Kier alpha value is -1.89. The molecule has 0 saturated heterocycles. The van der Waals surface area contributed by atoms with Gasteiger partial charge in [-0.3, -0.25) is 4.79 Å². The lowest BCUT2D eigenvalue weighted by Crippen LogP contribution is -2.16. The Morgan fingerprint density at radius 1 is 1.44 bits per heavy atom. The van der Waals surface area contributed by atoms with Crippen molar-refractivity contribution >= 4 is 11.6 Å². The zero-order valence-corrected chi connectivity index (χ0v) is 10.9. The van der Waals surface area contributed by atoms with Gasteiger partial charge in [0.25, 0.3) is 0 Å². The number of amides is 1. The third-order valence-electron chi connectivity index (χ3n) is 2.47. The van der Waals surface area contributed by atoms with Crippen LogP contribution in [0.2, 0.25) is 0 Å². The Bertz CT molecular complexity index is 484. The lowest BCUT2D eigenvalue weighted by Gasteiger charge is -2.17. The van der Waals surface area contributed by atoms with Gasteiger partial charge in [0.05, 0.1) is 17.3 Å². The van der Waals surface area contributed by atoms with Gasteiger partial charge in [-0.2, -0.15) is 5.26 Å². The van der Waals surface area contributed by atoms with E-state index in [9.17, 15) is 9.18 Å². The Kier molecular flexibility index (Phi) is 4.43. The molecule has 1 aromatic carbocycles. The topological polar surface area (TPSA) is 52.9 Å². The molecule has 0 atom stereocenters. The van der Waals surface area contributed by atoms with Crippen molar-refractivity contribution in [3.63, 3.8) is 0 Å². The van der Waals surface area contributed by atoms with Crippen molar-refractivity contribution in [2.24, 2.45) is 5.41 Å². The summed E-state index contributed by atoms with van der Waals surface area (Å²) in [5.74, 6) is -0.799. The zero-order chi connectivity index (χ0) is 13.8. The lowest BCUT2D eigenvalue weighted by atomic mass is 9.90. The predicted octanol–water partition coefficient (Wildman–Crippen LogP) is 3.46. The fraction of sp³-hybridized carbons (Fsp3) is 0.429. The number of benzene rings is 1. The quantitative estimate of drug-likeness (QED) is 0.890.